The molecule has 150 valence electrons. The largest absolute Gasteiger partial charge is 0.493 e. The summed E-state index contributed by atoms with van der Waals surface area (Å²) < 4.78 is 60.6. The Morgan fingerprint density at radius 1 is 1.18 bits per heavy atom. The zero-order chi connectivity index (χ0) is 20.6. The molecular formula is C17H17F2N3O5S. The summed E-state index contributed by atoms with van der Waals surface area (Å²) in [5.41, 5.74) is 2.22. The van der Waals surface area contributed by atoms with Crippen molar-refractivity contribution in [2.45, 2.75) is 11.5 Å². The number of halogens is 2. The molecule has 0 aromatic heterocycles. The first kappa shape index (κ1) is 21.3. The molecule has 0 atom stereocenters. The number of carbonyl (C=O) groups excluding carboxylic acids is 1. The number of alkyl halides is 2. The standard InChI is InChI=1S/C17H17F2N3O5S/c1-26-14-9-5-6-12(16(14)27-17(18)19)10-20-22-15(23)11-21-28(24,25)13-7-3-2-4-8-13/h2-10,17,21H,11H2,1H3,(H,22,23)/b20-10-. The Kier molecular flexibility index (Phi) is 7.41. The number of rotatable bonds is 9. The number of amides is 1. The lowest BCUT2D eigenvalue weighted by molar-refractivity contribution is -0.119. The Morgan fingerprint density at radius 2 is 1.89 bits per heavy atom. The summed E-state index contributed by atoms with van der Waals surface area (Å²) >= 11 is 0. The highest BCUT2D eigenvalue weighted by Crippen LogP contribution is 2.31. The van der Waals surface area contributed by atoms with Crippen LogP contribution in [0.4, 0.5) is 8.78 Å². The molecule has 0 fully saturated rings. The quantitative estimate of drug-likeness (QED) is 0.481. The molecule has 2 aromatic rings. The Balaban J connectivity index is 1.98. The van der Waals surface area contributed by atoms with Gasteiger partial charge in [0.05, 0.1) is 24.8 Å². The molecule has 0 heterocycles. The molecule has 0 aliphatic rings. The van der Waals surface area contributed by atoms with E-state index in [4.69, 9.17) is 4.74 Å². The van der Waals surface area contributed by atoms with Gasteiger partial charge >= 0.3 is 6.61 Å². The number of ether oxygens (including phenoxy) is 2. The van der Waals surface area contributed by atoms with Gasteiger partial charge in [-0.25, -0.2) is 18.6 Å². The van der Waals surface area contributed by atoms with Crippen LogP contribution >= 0.6 is 0 Å². The first-order chi connectivity index (χ1) is 13.3. The number of para-hydroxylation sites is 1. The van der Waals surface area contributed by atoms with Crippen LogP contribution in [0.15, 0.2) is 58.5 Å². The van der Waals surface area contributed by atoms with E-state index in [-0.39, 0.29) is 22.0 Å². The first-order valence-electron chi connectivity index (χ1n) is 7.82. The van der Waals surface area contributed by atoms with E-state index in [1.54, 1.807) is 18.2 Å². The summed E-state index contributed by atoms with van der Waals surface area (Å²) in [4.78, 5) is 11.8. The van der Waals surface area contributed by atoms with Gasteiger partial charge in [-0.3, -0.25) is 4.79 Å². The smallest absolute Gasteiger partial charge is 0.387 e. The Hall–Kier alpha value is -3.05. The van der Waals surface area contributed by atoms with E-state index in [9.17, 15) is 22.0 Å². The maximum atomic E-state index is 12.6. The number of methoxy groups -OCH3 is 1. The predicted molar refractivity (Wildman–Crippen MR) is 97.0 cm³/mol. The molecule has 11 heteroatoms. The number of nitrogens with one attached hydrogen (secondary N) is 2. The van der Waals surface area contributed by atoms with Crippen molar-refractivity contribution in [3.8, 4) is 11.5 Å². The van der Waals surface area contributed by atoms with Crippen LogP contribution in [0.5, 0.6) is 11.5 Å². The molecule has 2 aromatic carbocycles. The molecule has 0 spiro atoms. The number of nitrogens with zero attached hydrogens (tertiary/aromatic N) is 1. The van der Waals surface area contributed by atoms with Gasteiger partial charge in [-0.05, 0) is 24.3 Å². The molecule has 0 aliphatic carbocycles. The van der Waals surface area contributed by atoms with Crippen molar-refractivity contribution in [1.82, 2.24) is 10.1 Å². The average molecular weight is 413 g/mol. The van der Waals surface area contributed by atoms with Gasteiger partial charge in [-0.1, -0.05) is 24.3 Å². The monoisotopic (exact) mass is 413 g/mol. The first-order valence-corrected chi connectivity index (χ1v) is 9.30. The summed E-state index contributed by atoms with van der Waals surface area (Å²) in [6.45, 7) is -3.64. The second-order valence-electron chi connectivity index (χ2n) is 5.19. The van der Waals surface area contributed by atoms with E-state index in [0.717, 1.165) is 6.21 Å². The van der Waals surface area contributed by atoms with Crippen LogP contribution in [0.25, 0.3) is 0 Å². The molecule has 2 N–H and O–H groups in total. The maximum absolute atomic E-state index is 12.6. The fourth-order valence-electron chi connectivity index (χ4n) is 2.07. The van der Waals surface area contributed by atoms with Crippen molar-refractivity contribution >= 4 is 22.1 Å². The van der Waals surface area contributed by atoms with E-state index in [1.165, 1.54) is 37.4 Å². The van der Waals surface area contributed by atoms with Crippen LogP contribution in [0.3, 0.4) is 0 Å². The summed E-state index contributed by atoms with van der Waals surface area (Å²) in [5.74, 6) is -0.941. The molecular weight excluding hydrogens is 396 g/mol. The summed E-state index contributed by atoms with van der Waals surface area (Å²) in [7, 11) is -2.56. The molecule has 8 nitrogen and oxygen atoms in total. The number of carbonyl (C=O) groups is 1. The fraction of sp³-hybridized carbons (Fsp3) is 0.176. The van der Waals surface area contributed by atoms with Gasteiger partial charge in [0.25, 0.3) is 5.91 Å². The van der Waals surface area contributed by atoms with Crippen molar-refractivity contribution in [3.05, 3.63) is 54.1 Å². The maximum Gasteiger partial charge on any atom is 0.387 e. The van der Waals surface area contributed by atoms with Crippen LogP contribution < -0.4 is 19.6 Å². The fourth-order valence-corrected chi connectivity index (χ4v) is 3.07. The molecule has 0 radical (unpaired) electrons. The summed E-state index contributed by atoms with van der Waals surface area (Å²) in [6.07, 6.45) is 1.07. The minimum absolute atomic E-state index is 0.0106. The lowest BCUT2D eigenvalue weighted by Crippen LogP contribution is -2.34. The van der Waals surface area contributed by atoms with Crippen molar-refractivity contribution in [2.75, 3.05) is 13.7 Å². The second kappa shape index (κ2) is 9.76. The van der Waals surface area contributed by atoms with Crippen molar-refractivity contribution in [3.63, 3.8) is 0 Å². The molecule has 0 unspecified atom stereocenters. The molecule has 0 aliphatic heterocycles. The van der Waals surface area contributed by atoms with Gasteiger partial charge in [0.15, 0.2) is 11.5 Å². The van der Waals surface area contributed by atoms with Gasteiger partial charge in [-0.2, -0.15) is 13.9 Å². The number of hydrogen-bond donors (Lipinski definition) is 2. The summed E-state index contributed by atoms with van der Waals surface area (Å²) in [6, 6.07) is 11.9. The van der Waals surface area contributed by atoms with E-state index >= 15 is 0 Å². The molecule has 2 rings (SSSR count). The van der Waals surface area contributed by atoms with Gasteiger partial charge in [0.2, 0.25) is 10.0 Å². The van der Waals surface area contributed by atoms with Crippen LogP contribution in [0.1, 0.15) is 5.56 Å². The lowest BCUT2D eigenvalue weighted by atomic mass is 10.2. The zero-order valence-corrected chi connectivity index (χ0v) is 15.4. The third kappa shape index (κ3) is 5.99. The van der Waals surface area contributed by atoms with Crippen molar-refractivity contribution < 1.29 is 31.5 Å². The van der Waals surface area contributed by atoms with E-state index in [0.29, 0.717) is 0 Å². The molecule has 0 saturated carbocycles. The third-order valence-corrected chi connectivity index (χ3v) is 4.72. The minimum Gasteiger partial charge on any atom is -0.493 e. The number of hydrazone groups is 1. The van der Waals surface area contributed by atoms with E-state index in [1.807, 2.05) is 0 Å². The molecule has 0 bridgehead atoms. The van der Waals surface area contributed by atoms with Crippen LogP contribution in [0, 0.1) is 0 Å². The predicted octanol–water partition coefficient (Wildman–Crippen LogP) is 1.73. The SMILES string of the molecule is COc1cccc(/C=N\NC(=O)CNS(=O)(=O)c2ccccc2)c1OC(F)F. The van der Waals surface area contributed by atoms with Crippen LogP contribution in [-0.4, -0.2) is 40.8 Å². The second-order valence-corrected chi connectivity index (χ2v) is 6.95. The van der Waals surface area contributed by atoms with Gasteiger partial charge < -0.3 is 9.47 Å². The van der Waals surface area contributed by atoms with Gasteiger partial charge in [0, 0.05) is 5.56 Å². The highest BCUT2D eigenvalue weighted by Gasteiger charge is 2.16. The number of benzene rings is 2. The Morgan fingerprint density at radius 3 is 2.54 bits per heavy atom. The summed E-state index contributed by atoms with van der Waals surface area (Å²) in [5, 5.41) is 3.62. The molecule has 0 saturated heterocycles. The number of hydrogen-bond acceptors (Lipinski definition) is 6. The highest BCUT2D eigenvalue weighted by molar-refractivity contribution is 7.89. The van der Waals surface area contributed by atoms with Crippen molar-refractivity contribution in [2.24, 2.45) is 5.10 Å². The molecule has 28 heavy (non-hydrogen) atoms. The van der Waals surface area contributed by atoms with Crippen LogP contribution in [0.2, 0.25) is 0 Å². The highest BCUT2D eigenvalue weighted by atomic mass is 32.2. The Labute approximate surface area is 160 Å². The zero-order valence-electron chi connectivity index (χ0n) is 14.6. The molecule has 1 amide bonds. The van der Waals surface area contributed by atoms with E-state index < -0.39 is 29.1 Å². The van der Waals surface area contributed by atoms with Gasteiger partial charge in [0.1, 0.15) is 0 Å². The Bertz CT molecular complexity index is 937. The lowest BCUT2D eigenvalue weighted by Gasteiger charge is -2.12. The minimum atomic E-state index is -3.84. The number of sulfonamides is 1. The topological polar surface area (TPSA) is 106 Å². The third-order valence-electron chi connectivity index (χ3n) is 3.31. The van der Waals surface area contributed by atoms with Gasteiger partial charge in [-0.15, -0.1) is 0 Å². The average Bonchev–Trinajstić information content (AvgIpc) is 2.68. The van der Waals surface area contributed by atoms with Crippen molar-refractivity contribution in [1.29, 1.82) is 0 Å². The van der Waals surface area contributed by atoms with Crippen LogP contribution in [-0.2, 0) is 14.8 Å². The normalized spacial score (nSPS) is 11.6. The van der Waals surface area contributed by atoms with E-state index in [2.05, 4.69) is 20.0 Å².